The van der Waals surface area contributed by atoms with Crippen LogP contribution >= 0.6 is 0 Å². The van der Waals surface area contributed by atoms with Gasteiger partial charge in [-0.15, -0.1) is 0 Å². The molecule has 1 aromatic rings. The molecule has 0 atom stereocenters. The van der Waals surface area contributed by atoms with Crippen molar-refractivity contribution in [3.63, 3.8) is 0 Å². The van der Waals surface area contributed by atoms with E-state index in [4.69, 9.17) is 14.8 Å². The molecule has 0 radical (unpaired) electrons. The highest BCUT2D eigenvalue weighted by Gasteiger charge is 2.22. The first kappa shape index (κ1) is 9.45. The average molecular weight is 195 g/mol. The molecule has 1 aliphatic rings. The van der Waals surface area contributed by atoms with E-state index in [0.717, 1.165) is 0 Å². The molecule has 0 aromatic carbocycles. The fourth-order valence-corrected chi connectivity index (χ4v) is 1.34. The lowest BCUT2D eigenvalue weighted by molar-refractivity contribution is -0.0247. The summed E-state index contributed by atoms with van der Waals surface area (Å²) < 4.78 is 6.43. The van der Waals surface area contributed by atoms with Gasteiger partial charge in [0, 0.05) is 12.3 Å². The van der Waals surface area contributed by atoms with Gasteiger partial charge in [0.15, 0.2) is 0 Å². The Balaban J connectivity index is 2.36. The normalized spacial score (nSPS) is 16.4. The van der Waals surface area contributed by atoms with Crippen molar-refractivity contribution < 1.29 is 14.8 Å². The summed E-state index contributed by atoms with van der Waals surface area (Å²) in [7, 11) is -1.54. The van der Waals surface area contributed by atoms with Crippen LogP contribution in [-0.2, 0) is 4.74 Å². The van der Waals surface area contributed by atoms with E-state index in [2.05, 4.69) is 0 Å². The Bertz CT molecular complexity index is 385. The maximum atomic E-state index is 11.4. The summed E-state index contributed by atoms with van der Waals surface area (Å²) in [5.74, 6) is 0. The molecule has 0 spiro atoms. The largest absolute Gasteiger partial charge is 0.489 e. The third-order valence-corrected chi connectivity index (χ3v) is 2.27. The van der Waals surface area contributed by atoms with E-state index in [-0.39, 0.29) is 11.6 Å². The molecule has 0 amide bonds. The number of ether oxygens (including phenoxy) is 1. The number of hydrogen-bond acceptors (Lipinski definition) is 4. The second-order valence-corrected chi connectivity index (χ2v) is 3.27. The Hall–Kier alpha value is -1.11. The lowest BCUT2D eigenvalue weighted by atomic mass is 9.81. The Morgan fingerprint density at radius 2 is 2.14 bits per heavy atom. The molecule has 14 heavy (non-hydrogen) atoms. The minimum Gasteiger partial charge on any atom is -0.423 e. The Morgan fingerprint density at radius 1 is 1.43 bits per heavy atom. The molecule has 74 valence electrons. The summed E-state index contributed by atoms with van der Waals surface area (Å²) in [4.78, 5) is 11.4. The zero-order valence-electron chi connectivity index (χ0n) is 7.46. The van der Waals surface area contributed by atoms with Gasteiger partial charge in [-0.25, -0.2) is 0 Å². The summed E-state index contributed by atoms with van der Waals surface area (Å²) in [5.41, 5.74) is 0.166. The van der Waals surface area contributed by atoms with E-state index in [1.54, 1.807) is 0 Å². The molecule has 0 bridgehead atoms. The van der Waals surface area contributed by atoms with Crippen molar-refractivity contribution in [1.29, 1.82) is 0 Å². The van der Waals surface area contributed by atoms with Gasteiger partial charge in [0.25, 0.3) is 5.56 Å². The first-order valence-corrected chi connectivity index (χ1v) is 4.34. The molecule has 1 saturated heterocycles. The molecule has 6 heteroatoms. The zero-order valence-corrected chi connectivity index (χ0v) is 7.46. The Morgan fingerprint density at radius 3 is 2.64 bits per heavy atom. The van der Waals surface area contributed by atoms with Gasteiger partial charge in [-0.1, -0.05) is 6.07 Å². The topological polar surface area (TPSA) is 71.7 Å². The summed E-state index contributed by atoms with van der Waals surface area (Å²) >= 11 is 0. The predicted octanol–water partition coefficient (Wildman–Crippen LogP) is -1.90. The van der Waals surface area contributed by atoms with Crippen molar-refractivity contribution in [3.8, 4) is 0 Å². The quantitative estimate of drug-likeness (QED) is 0.540. The summed E-state index contributed by atoms with van der Waals surface area (Å²) in [6.45, 7) is 1.01. The van der Waals surface area contributed by atoms with Crippen LogP contribution in [0, 0.1) is 0 Å². The summed E-state index contributed by atoms with van der Waals surface area (Å²) in [6.07, 6.45) is 1.46. The fourth-order valence-electron chi connectivity index (χ4n) is 1.34. The molecule has 5 nitrogen and oxygen atoms in total. The molecule has 1 fully saturated rings. The van der Waals surface area contributed by atoms with Gasteiger partial charge in [0.1, 0.15) is 0 Å². The van der Waals surface area contributed by atoms with Crippen molar-refractivity contribution >= 4 is 12.6 Å². The van der Waals surface area contributed by atoms with Crippen LogP contribution in [0.15, 0.2) is 23.1 Å². The third kappa shape index (κ3) is 1.59. The van der Waals surface area contributed by atoms with Crippen LogP contribution in [0.5, 0.6) is 0 Å². The third-order valence-electron chi connectivity index (χ3n) is 2.27. The van der Waals surface area contributed by atoms with Crippen LogP contribution < -0.4 is 11.0 Å². The van der Waals surface area contributed by atoms with E-state index >= 15 is 0 Å². The average Bonchev–Trinajstić information content (AvgIpc) is 2.05. The predicted molar refractivity (Wildman–Crippen MR) is 50.4 cm³/mol. The minimum atomic E-state index is -1.54. The minimum absolute atomic E-state index is 0.0289. The van der Waals surface area contributed by atoms with Gasteiger partial charge in [0.2, 0.25) is 0 Å². The van der Waals surface area contributed by atoms with Crippen molar-refractivity contribution in [3.05, 3.63) is 28.7 Å². The van der Waals surface area contributed by atoms with Gasteiger partial charge in [0.05, 0.1) is 19.3 Å². The van der Waals surface area contributed by atoms with Gasteiger partial charge in [-0.2, -0.15) is 0 Å². The summed E-state index contributed by atoms with van der Waals surface area (Å²) in [6, 6.07) is 2.76. The molecular weight excluding hydrogens is 185 g/mol. The van der Waals surface area contributed by atoms with Gasteiger partial charge >= 0.3 is 7.12 Å². The van der Waals surface area contributed by atoms with Crippen LogP contribution in [0.1, 0.15) is 6.04 Å². The van der Waals surface area contributed by atoms with Crippen molar-refractivity contribution in [2.45, 2.75) is 6.04 Å². The first-order chi connectivity index (χ1) is 6.68. The van der Waals surface area contributed by atoms with Gasteiger partial charge in [-0.3, -0.25) is 4.79 Å². The van der Waals surface area contributed by atoms with E-state index in [1.165, 1.54) is 22.9 Å². The SMILES string of the molecule is O=c1ccc(B(O)O)cn1C1COC1. The van der Waals surface area contributed by atoms with Crippen LogP contribution in [-0.4, -0.2) is 34.9 Å². The van der Waals surface area contributed by atoms with Gasteiger partial charge < -0.3 is 19.4 Å². The lowest BCUT2D eigenvalue weighted by Crippen LogP contribution is -2.41. The monoisotopic (exact) mass is 195 g/mol. The fraction of sp³-hybridized carbons (Fsp3) is 0.375. The van der Waals surface area contributed by atoms with E-state index in [0.29, 0.717) is 18.7 Å². The highest BCUT2D eigenvalue weighted by molar-refractivity contribution is 6.58. The molecule has 1 aliphatic heterocycles. The lowest BCUT2D eigenvalue weighted by Gasteiger charge is -2.28. The van der Waals surface area contributed by atoms with Crippen LogP contribution in [0.3, 0.4) is 0 Å². The standard InChI is InChI=1S/C8H10BNO4/c11-8-2-1-6(9(12)13)3-10(8)7-4-14-5-7/h1-3,7,12-13H,4-5H2. The number of pyridine rings is 1. The second kappa shape index (κ2) is 3.57. The highest BCUT2D eigenvalue weighted by Crippen LogP contribution is 2.13. The molecule has 2 heterocycles. The van der Waals surface area contributed by atoms with Crippen LogP contribution in [0.2, 0.25) is 0 Å². The number of aromatic nitrogens is 1. The van der Waals surface area contributed by atoms with E-state index < -0.39 is 7.12 Å². The molecule has 0 saturated carbocycles. The number of hydrogen-bond donors (Lipinski definition) is 2. The molecule has 1 aromatic heterocycles. The molecule has 2 N–H and O–H groups in total. The second-order valence-electron chi connectivity index (χ2n) is 3.27. The van der Waals surface area contributed by atoms with Crippen molar-refractivity contribution in [2.75, 3.05) is 13.2 Å². The maximum absolute atomic E-state index is 11.4. The Labute approximate surface area is 80.7 Å². The van der Waals surface area contributed by atoms with Crippen LogP contribution in [0.25, 0.3) is 0 Å². The molecule has 0 unspecified atom stereocenters. The maximum Gasteiger partial charge on any atom is 0.489 e. The summed E-state index contributed by atoms with van der Waals surface area (Å²) in [5, 5.41) is 17.8. The van der Waals surface area contributed by atoms with E-state index in [1.807, 2.05) is 0 Å². The van der Waals surface area contributed by atoms with Crippen molar-refractivity contribution in [2.24, 2.45) is 0 Å². The smallest absolute Gasteiger partial charge is 0.423 e. The van der Waals surface area contributed by atoms with Gasteiger partial charge in [-0.05, 0) is 5.46 Å². The highest BCUT2D eigenvalue weighted by atomic mass is 16.5. The number of rotatable bonds is 2. The van der Waals surface area contributed by atoms with E-state index in [9.17, 15) is 4.79 Å². The zero-order chi connectivity index (χ0) is 10.1. The molecular formula is C8H10BNO4. The van der Waals surface area contributed by atoms with Crippen LogP contribution in [0.4, 0.5) is 0 Å². The van der Waals surface area contributed by atoms with Crippen molar-refractivity contribution in [1.82, 2.24) is 4.57 Å². The first-order valence-electron chi connectivity index (χ1n) is 4.34. The Kier molecular flexibility index (Phi) is 2.41. The number of nitrogens with zero attached hydrogens (tertiary/aromatic N) is 1. The molecule has 2 rings (SSSR count). The molecule has 0 aliphatic carbocycles.